The summed E-state index contributed by atoms with van der Waals surface area (Å²) in [5.41, 5.74) is 1.26. The van der Waals surface area contributed by atoms with E-state index in [-0.39, 0.29) is 12.5 Å². The van der Waals surface area contributed by atoms with Crippen molar-refractivity contribution in [2.75, 3.05) is 11.5 Å². The van der Waals surface area contributed by atoms with E-state index in [0.717, 1.165) is 0 Å². The van der Waals surface area contributed by atoms with Crippen molar-refractivity contribution < 1.29 is 9.53 Å². The molecule has 0 fully saturated rings. The van der Waals surface area contributed by atoms with Crippen LogP contribution in [-0.4, -0.2) is 22.5 Å². The van der Waals surface area contributed by atoms with Gasteiger partial charge in [0.05, 0.1) is 30.3 Å². The van der Waals surface area contributed by atoms with E-state index in [2.05, 4.69) is 9.97 Å². The predicted octanol–water partition coefficient (Wildman–Crippen LogP) is 2.71. The molecule has 1 aliphatic heterocycles. The molecule has 0 saturated carbocycles. The van der Waals surface area contributed by atoms with Gasteiger partial charge in [-0.25, -0.2) is 4.98 Å². The van der Waals surface area contributed by atoms with E-state index in [0.29, 0.717) is 33.9 Å². The van der Waals surface area contributed by atoms with E-state index in [1.165, 1.54) is 12.4 Å². The van der Waals surface area contributed by atoms with Crippen LogP contribution in [0.5, 0.6) is 5.75 Å². The standard InChI is InChI=1S/C13H9Cl2N3O2/c14-8-1-2-11-10(3-8)18(13(19)7-20-11)6-9-4-17-12(15)5-16-9/h1-5H,6-7H2. The minimum atomic E-state index is -0.156. The van der Waals surface area contributed by atoms with Gasteiger partial charge in [-0.05, 0) is 18.2 Å². The van der Waals surface area contributed by atoms with Crippen molar-refractivity contribution in [2.24, 2.45) is 0 Å². The molecule has 1 aromatic heterocycles. The van der Waals surface area contributed by atoms with E-state index >= 15 is 0 Å². The number of carbonyl (C=O) groups excluding carboxylic acids is 1. The highest BCUT2D eigenvalue weighted by atomic mass is 35.5. The van der Waals surface area contributed by atoms with Crippen LogP contribution < -0.4 is 9.64 Å². The molecule has 3 rings (SSSR count). The van der Waals surface area contributed by atoms with Crippen LogP contribution in [0.25, 0.3) is 0 Å². The average molecular weight is 310 g/mol. The molecule has 1 amide bonds. The molecule has 0 N–H and O–H groups in total. The van der Waals surface area contributed by atoms with Gasteiger partial charge in [0.15, 0.2) is 6.61 Å². The van der Waals surface area contributed by atoms with E-state index in [1.807, 2.05) is 0 Å². The van der Waals surface area contributed by atoms with Gasteiger partial charge in [-0.1, -0.05) is 23.2 Å². The lowest BCUT2D eigenvalue weighted by Crippen LogP contribution is -2.38. The Hall–Kier alpha value is -1.85. The summed E-state index contributed by atoms with van der Waals surface area (Å²) in [6.07, 6.45) is 2.98. The summed E-state index contributed by atoms with van der Waals surface area (Å²) in [5, 5.41) is 0.847. The number of hydrogen-bond acceptors (Lipinski definition) is 4. The molecule has 0 bridgehead atoms. The Morgan fingerprint density at radius 2 is 2.10 bits per heavy atom. The second kappa shape index (κ2) is 5.26. The molecule has 2 heterocycles. The van der Waals surface area contributed by atoms with Gasteiger partial charge < -0.3 is 4.74 Å². The first-order valence-electron chi connectivity index (χ1n) is 5.82. The van der Waals surface area contributed by atoms with Gasteiger partial charge >= 0.3 is 0 Å². The maximum atomic E-state index is 12.0. The smallest absolute Gasteiger partial charge is 0.265 e. The fraction of sp³-hybridized carbons (Fsp3) is 0.154. The van der Waals surface area contributed by atoms with Crippen molar-refractivity contribution in [1.82, 2.24) is 9.97 Å². The molecule has 1 aliphatic rings. The summed E-state index contributed by atoms with van der Waals surface area (Å²) in [5.74, 6) is 0.465. The minimum absolute atomic E-state index is 0.00431. The molecule has 0 saturated heterocycles. The number of anilines is 1. The normalized spacial score (nSPS) is 13.9. The number of carbonyl (C=O) groups is 1. The molecule has 0 unspecified atom stereocenters. The molecule has 0 aliphatic carbocycles. The summed E-state index contributed by atoms with van der Waals surface area (Å²) in [4.78, 5) is 21.7. The van der Waals surface area contributed by atoms with Crippen LogP contribution in [0.4, 0.5) is 5.69 Å². The molecular formula is C13H9Cl2N3O2. The lowest BCUT2D eigenvalue weighted by molar-refractivity contribution is -0.121. The van der Waals surface area contributed by atoms with Crippen LogP contribution in [0, 0.1) is 0 Å². The zero-order chi connectivity index (χ0) is 14.1. The first kappa shape index (κ1) is 13.1. The van der Waals surface area contributed by atoms with Crippen LogP contribution in [0.1, 0.15) is 5.69 Å². The molecule has 0 atom stereocenters. The molecule has 1 aromatic carbocycles. The number of benzene rings is 1. The third-order valence-electron chi connectivity index (χ3n) is 2.86. The van der Waals surface area contributed by atoms with Crippen molar-refractivity contribution in [2.45, 2.75) is 6.54 Å². The highest BCUT2D eigenvalue weighted by molar-refractivity contribution is 6.31. The number of ether oxygens (including phenoxy) is 1. The fourth-order valence-electron chi connectivity index (χ4n) is 1.93. The zero-order valence-electron chi connectivity index (χ0n) is 10.2. The van der Waals surface area contributed by atoms with Crippen LogP contribution in [0.2, 0.25) is 10.2 Å². The Balaban J connectivity index is 1.94. The maximum absolute atomic E-state index is 12.0. The molecule has 0 radical (unpaired) electrons. The Bertz CT molecular complexity index is 661. The van der Waals surface area contributed by atoms with Crippen LogP contribution >= 0.6 is 23.2 Å². The van der Waals surface area contributed by atoms with Gasteiger partial charge in [0.25, 0.3) is 5.91 Å². The van der Waals surface area contributed by atoms with E-state index in [1.54, 1.807) is 23.1 Å². The van der Waals surface area contributed by atoms with Gasteiger partial charge in [0.1, 0.15) is 10.9 Å². The second-order valence-electron chi connectivity index (χ2n) is 4.21. The summed E-state index contributed by atoms with van der Waals surface area (Å²) >= 11 is 11.7. The number of aromatic nitrogens is 2. The van der Waals surface area contributed by atoms with Gasteiger partial charge in [0.2, 0.25) is 0 Å². The summed E-state index contributed by atoms with van der Waals surface area (Å²) in [6, 6.07) is 5.15. The van der Waals surface area contributed by atoms with E-state index < -0.39 is 0 Å². The minimum Gasteiger partial charge on any atom is -0.482 e. The molecular weight excluding hydrogens is 301 g/mol. The third kappa shape index (κ3) is 2.55. The Labute approximate surface area is 125 Å². The largest absolute Gasteiger partial charge is 0.482 e. The van der Waals surface area contributed by atoms with E-state index in [9.17, 15) is 4.79 Å². The predicted molar refractivity (Wildman–Crippen MR) is 75.2 cm³/mol. The van der Waals surface area contributed by atoms with Gasteiger partial charge in [0, 0.05) is 5.02 Å². The Morgan fingerprint density at radius 3 is 2.85 bits per heavy atom. The van der Waals surface area contributed by atoms with Gasteiger partial charge in [-0.15, -0.1) is 0 Å². The van der Waals surface area contributed by atoms with E-state index in [4.69, 9.17) is 27.9 Å². The molecule has 102 valence electrons. The van der Waals surface area contributed by atoms with Crippen molar-refractivity contribution in [3.05, 3.63) is 46.5 Å². The van der Waals surface area contributed by atoms with Crippen LogP contribution in [-0.2, 0) is 11.3 Å². The number of halogens is 2. The lowest BCUT2D eigenvalue weighted by atomic mass is 10.2. The number of rotatable bonds is 2. The lowest BCUT2D eigenvalue weighted by Gasteiger charge is -2.29. The summed E-state index contributed by atoms with van der Waals surface area (Å²) < 4.78 is 5.37. The molecule has 20 heavy (non-hydrogen) atoms. The number of amides is 1. The summed E-state index contributed by atoms with van der Waals surface area (Å²) in [6.45, 7) is 0.287. The first-order valence-corrected chi connectivity index (χ1v) is 6.58. The molecule has 7 heteroatoms. The average Bonchev–Trinajstić information content (AvgIpc) is 2.44. The highest BCUT2D eigenvalue weighted by Crippen LogP contribution is 2.35. The molecule has 5 nitrogen and oxygen atoms in total. The van der Waals surface area contributed by atoms with Crippen molar-refractivity contribution in [3.63, 3.8) is 0 Å². The van der Waals surface area contributed by atoms with Crippen molar-refractivity contribution in [3.8, 4) is 5.75 Å². The monoisotopic (exact) mass is 309 g/mol. The van der Waals surface area contributed by atoms with Crippen molar-refractivity contribution >= 4 is 34.8 Å². The second-order valence-corrected chi connectivity index (χ2v) is 5.03. The fourth-order valence-corrected chi connectivity index (χ4v) is 2.20. The number of nitrogens with zero attached hydrogens (tertiary/aromatic N) is 3. The first-order chi connectivity index (χ1) is 9.63. The van der Waals surface area contributed by atoms with Gasteiger partial charge in [-0.2, -0.15) is 0 Å². The van der Waals surface area contributed by atoms with Crippen LogP contribution in [0.3, 0.4) is 0 Å². The highest BCUT2D eigenvalue weighted by Gasteiger charge is 2.26. The Kier molecular flexibility index (Phi) is 3.46. The SMILES string of the molecule is O=C1COc2ccc(Cl)cc2N1Cc1cnc(Cl)cn1. The van der Waals surface area contributed by atoms with Gasteiger partial charge in [-0.3, -0.25) is 14.7 Å². The quantitative estimate of drug-likeness (QED) is 0.856. The Morgan fingerprint density at radius 1 is 1.25 bits per heavy atom. The maximum Gasteiger partial charge on any atom is 0.265 e. The topological polar surface area (TPSA) is 55.3 Å². The zero-order valence-corrected chi connectivity index (χ0v) is 11.7. The number of fused-ring (bicyclic) bond motifs is 1. The number of hydrogen-bond donors (Lipinski definition) is 0. The molecule has 0 spiro atoms. The third-order valence-corrected chi connectivity index (χ3v) is 3.29. The summed E-state index contributed by atoms with van der Waals surface area (Å²) in [7, 11) is 0. The van der Waals surface area contributed by atoms with Crippen molar-refractivity contribution in [1.29, 1.82) is 0 Å². The molecule has 2 aromatic rings. The van der Waals surface area contributed by atoms with Crippen LogP contribution in [0.15, 0.2) is 30.6 Å².